The minimum Gasteiger partial charge on any atom is -0.481 e. The van der Waals surface area contributed by atoms with Crippen LogP contribution in [-0.4, -0.2) is 21.0 Å². The van der Waals surface area contributed by atoms with Crippen molar-refractivity contribution in [2.24, 2.45) is 0 Å². The number of hydrogen-bond donors (Lipinski definition) is 2. The van der Waals surface area contributed by atoms with Crippen molar-refractivity contribution in [1.29, 1.82) is 0 Å². The topological polar surface area (TPSA) is 119 Å². The van der Waals surface area contributed by atoms with E-state index in [1.54, 1.807) is 0 Å². The second-order valence-corrected chi connectivity index (χ2v) is 3.22. The second-order valence-electron chi connectivity index (χ2n) is 2.86. The molecule has 3 N–H and O–H groups in total. The van der Waals surface area contributed by atoms with Gasteiger partial charge in [-0.05, 0) is 0 Å². The first kappa shape index (κ1) is 12.7. The van der Waals surface area contributed by atoms with Crippen molar-refractivity contribution in [1.82, 2.24) is 4.98 Å². The summed E-state index contributed by atoms with van der Waals surface area (Å²) in [5, 5.41) is 18.8. The van der Waals surface area contributed by atoms with Gasteiger partial charge in [-0.2, -0.15) is 0 Å². The van der Waals surface area contributed by atoms with Gasteiger partial charge in [0, 0.05) is 6.07 Å². The number of nitrogens with two attached hydrogens (primary N) is 1. The zero-order valence-electron chi connectivity index (χ0n) is 8.31. The third-order valence-electron chi connectivity index (χ3n) is 1.64. The molecule has 0 unspecified atom stereocenters. The van der Waals surface area contributed by atoms with Gasteiger partial charge >= 0.3 is 11.7 Å². The van der Waals surface area contributed by atoms with E-state index in [0.717, 1.165) is 6.07 Å². The molecule has 88 valence electrons. The van der Waals surface area contributed by atoms with Crippen LogP contribution in [0.3, 0.4) is 0 Å². The zero-order chi connectivity index (χ0) is 13.0. The second kappa shape index (κ2) is 5.14. The molecule has 1 aromatic rings. The van der Waals surface area contributed by atoms with Gasteiger partial charge in [0.25, 0.3) is 0 Å². The van der Waals surface area contributed by atoms with E-state index >= 15 is 0 Å². The molecule has 0 radical (unpaired) electrons. The van der Waals surface area contributed by atoms with Gasteiger partial charge in [0.1, 0.15) is 11.6 Å². The van der Waals surface area contributed by atoms with Crippen molar-refractivity contribution in [2.45, 2.75) is 6.42 Å². The molecule has 0 fully saturated rings. The van der Waals surface area contributed by atoms with Crippen LogP contribution in [0.1, 0.15) is 12.0 Å². The number of halogens is 1. The monoisotopic (exact) mass is 255 g/mol. The van der Waals surface area contributed by atoms with Crippen molar-refractivity contribution in [3.05, 3.63) is 26.9 Å². The van der Waals surface area contributed by atoms with E-state index in [4.69, 9.17) is 22.4 Å². The lowest BCUT2D eigenvalue weighted by molar-refractivity contribution is -0.384. The SMILES string of the molecule is Nc1nc(Cl)c(C#CCC(=O)O)cc1[N+](=O)[O-]. The van der Waals surface area contributed by atoms with Gasteiger partial charge in [-0.1, -0.05) is 23.4 Å². The molecule has 0 amide bonds. The number of nitro groups is 1. The fourth-order valence-electron chi connectivity index (χ4n) is 0.942. The number of pyridine rings is 1. The Hall–Kier alpha value is -2.33. The maximum Gasteiger partial charge on any atom is 0.315 e. The lowest BCUT2D eigenvalue weighted by atomic mass is 10.2. The van der Waals surface area contributed by atoms with E-state index < -0.39 is 23.0 Å². The Kier molecular flexibility index (Phi) is 3.85. The quantitative estimate of drug-likeness (QED) is 0.353. The van der Waals surface area contributed by atoms with Crippen molar-refractivity contribution >= 4 is 29.1 Å². The maximum absolute atomic E-state index is 10.6. The average Bonchev–Trinajstić information content (AvgIpc) is 2.20. The molecular formula is C9H6ClN3O4. The number of aliphatic carboxylic acids is 1. The van der Waals surface area contributed by atoms with Gasteiger partial charge < -0.3 is 10.8 Å². The zero-order valence-corrected chi connectivity index (χ0v) is 9.06. The molecular weight excluding hydrogens is 250 g/mol. The Morgan fingerprint density at radius 3 is 2.88 bits per heavy atom. The number of anilines is 1. The normalized spacial score (nSPS) is 9.24. The fraction of sp³-hybridized carbons (Fsp3) is 0.111. The number of aromatic nitrogens is 1. The van der Waals surface area contributed by atoms with Crippen molar-refractivity contribution in [3.63, 3.8) is 0 Å². The summed E-state index contributed by atoms with van der Waals surface area (Å²) >= 11 is 5.66. The van der Waals surface area contributed by atoms with Crippen LogP contribution >= 0.6 is 11.6 Å². The van der Waals surface area contributed by atoms with Crippen LogP contribution < -0.4 is 5.73 Å². The molecule has 0 saturated carbocycles. The summed E-state index contributed by atoms with van der Waals surface area (Å²) in [6, 6.07) is 1.06. The first-order valence-electron chi connectivity index (χ1n) is 4.23. The molecule has 17 heavy (non-hydrogen) atoms. The standard InChI is InChI=1S/C9H6ClN3O4/c10-8-5(2-1-3-7(14)15)4-6(13(16)17)9(11)12-8/h4H,3H2,(H2,11,12)(H,14,15). The highest BCUT2D eigenvalue weighted by Gasteiger charge is 2.15. The van der Waals surface area contributed by atoms with E-state index in [1.165, 1.54) is 0 Å². The summed E-state index contributed by atoms with van der Waals surface area (Å²) in [6.45, 7) is 0. The predicted molar refractivity (Wildman–Crippen MR) is 59.4 cm³/mol. The average molecular weight is 256 g/mol. The molecule has 0 atom stereocenters. The molecule has 8 heteroatoms. The Morgan fingerprint density at radius 1 is 1.71 bits per heavy atom. The first-order chi connectivity index (χ1) is 7.91. The van der Waals surface area contributed by atoms with Crippen molar-refractivity contribution in [2.75, 3.05) is 5.73 Å². The summed E-state index contributed by atoms with van der Waals surface area (Å²) in [7, 11) is 0. The lowest BCUT2D eigenvalue weighted by Crippen LogP contribution is -2.00. The summed E-state index contributed by atoms with van der Waals surface area (Å²) in [5.41, 5.74) is 4.93. The van der Waals surface area contributed by atoms with Crippen LogP contribution in [0.5, 0.6) is 0 Å². The van der Waals surface area contributed by atoms with Crippen molar-refractivity contribution in [3.8, 4) is 11.8 Å². The number of nitrogen functional groups attached to an aromatic ring is 1. The summed E-state index contributed by atoms with van der Waals surface area (Å²) in [4.78, 5) is 23.6. The number of hydrogen-bond acceptors (Lipinski definition) is 5. The highest BCUT2D eigenvalue weighted by Crippen LogP contribution is 2.24. The number of carbonyl (C=O) groups is 1. The fourth-order valence-corrected chi connectivity index (χ4v) is 1.14. The van der Waals surface area contributed by atoms with Gasteiger partial charge in [0.2, 0.25) is 5.82 Å². The van der Waals surface area contributed by atoms with Gasteiger partial charge in [-0.15, -0.1) is 0 Å². The molecule has 0 bridgehead atoms. The van der Waals surface area contributed by atoms with Crippen LogP contribution in [0.25, 0.3) is 0 Å². The van der Waals surface area contributed by atoms with Crippen LogP contribution in [-0.2, 0) is 4.79 Å². The van der Waals surface area contributed by atoms with E-state index in [9.17, 15) is 14.9 Å². The number of carboxylic acids is 1. The van der Waals surface area contributed by atoms with Gasteiger partial charge in [0.05, 0.1) is 10.5 Å². The summed E-state index contributed by atoms with van der Waals surface area (Å²) in [6.07, 6.45) is -0.394. The van der Waals surface area contributed by atoms with E-state index in [0.29, 0.717) is 0 Å². The number of rotatable bonds is 2. The minimum atomic E-state index is -1.11. The van der Waals surface area contributed by atoms with E-state index in [2.05, 4.69) is 16.8 Å². The highest BCUT2D eigenvalue weighted by molar-refractivity contribution is 6.30. The minimum absolute atomic E-state index is 0.0637. The largest absolute Gasteiger partial charge is 0.481 e. The number of nitrogens with zero attached hydrogens (tertiary/aromatic N) is 2. The van der Waals surface area contributed by atoms with Crippen LogP contribution in [0, 0.1) is 22.0 Å². The molecule has 1 aromatic heterocycles. The summed E-state index contributed by atoms with van der Waals surface area (Å²) in [5.74, 6) is 3.25. The Morgan fingerprint density at radius 2 is 2.35 bits per heavy atom. The van der Waals surface area contributed by atoms with Crippen LogP contribution in [0.4, 0.5) is 11.5 Å². The Labute approximate surface area is 100 Å². The molecule has 1 heterocycles. The highest BCUT2D eigenvalue weighted by atomic mass is 35.5. The van der Waals surface area contributed by atoms with Gasteiger partial charge in [0.15, 0.2) is 0 Å². The molecule has 0 saturated heterocycles. The molecule has 0 aromatic carbocycles. The molecule has 7 nitrogen and oxygen atoms in total. The van der Waals surface area contributed by atoms with E-state index in [-0.39, 0.29) is 16.5 Å². The van der Waals surface area contributed by atoms with Crippen LogP contribution in [0.15, 0.2) is 6.07 Å². The predicted octanol–water partition coefficient (Wildman–Crippen LogP) is 1.05. The smallest absolute Gasteiger partial charge is 0.315 e. The molecule has 0 aliphatic carbocycles. The molecule has 1 rings (SSSR count). The van der Waals surface area contributed by atoms with Crippen LogP contribution in [0.2, 0.25) is 5.15 Å². The van der Waals surface area contributed by atoms with Crippen molar-refractivity contribution < 1.29 is 14.8 Å². The Balaban J connectivity index is 3.15. The molecule has 0 aliphatic rings. The third-order valence-corrected chi connectivity index (χ3v) is 1.93. The summed E-state index contributed by atoms with van der Waals surface area (Å²) < 4.78 is 0. The lowest BCUT2D eigenvalue weighted by Gasteiger charge is -1.99. The Bertz CT molecular complexity index is 547. The maximum atomic E-state index is 10.6. The first-order valence-corrected chi connectivity index (χ1v) is 4.60. The van der Waals surface area contributed by atoms with Gasteiger partial charge in [-0.25, -0.2) is 4.98 Å². The third kappa shape index (κ3) is 3.32. The molecule has 0 aliphatic heterocycles. The van der Waals surface area contributed by atoms with E-state index in [1.807, 2.05) is 0 Å². The molecule has 0 spiro atoms. The van der Waals surface area contributed by atoms with Gasteiger partial charge in [-0.3, -0.25) is 14.9 Å². The number of carboxylic acid groups (broad SMARTS) is 1.